The Hall–Kier alpha value is -1.38. The number of nitrogens with zero attached hydrogens (tertiary/aromatic N) is 2. The summed E-state index contributed by atoms with van der Waals surface area (Å²) in [5.74, 6) is -1.38. The Balaban J connectivity index is 3.02. The van der Waals surface area contributed by atoms with E-state index in [-0.39, 0.29) is 11.5 Å². The summed E-state index contributed by atoms with van der Waals surface area (Å²) in [6, 6.07) is 3.01. The molecule has 0 aliphatic rings. The number of halogens is 2. The molecule has 0 amide bonds. The van der Waals surface area contributed by atoms with Crippen LogP contribution < -0.4 is 11.5 Å². The van der Waals surface area contributed by atoms with Crippen molar-refractivity contribution >= 4 is 34.8 Å². The van der Waals surface area contributed by atoms with E-state index in [4.69, 9.17) is 11.5 Å². The number of hydrogen-bond donors (Lipinski definition) is 3. The van der Waals surface area contributed by atoms with Gasteiger partial charge >= 0.3 is 0 Å². The highest BCUT2D eigenvalue weighted by Gasteiger charge is 2.08. The van der Waals surface area contributed by atoms with Crippen molar-refractivity contribution in [3.63, 3.8) is 0 Å². The van der Waals surface area contributed by atoms with E-state index in [0.29, 0.717) is 3.57 Å². The van der Waals surface area contributed by atoms with Crippen molar-refractivity contribution in [3.8, 4) is 5.75 Å². The summed E-state index contributed by atoms with van der Waals surface area (Å²) in [5, 5.41) is 16.1. The van der Waals surface area contributed by atoms with Crippen molar-refractivity contribution in [2.75, 3.05) is 0 Å². The molecule has 0 aromatic heterocycles. The fraction of sp³-hybridized carbons (Fsp3) is 0. The summed E-state index contributed by atoms with van der Waals surface area (Å²) >= 11 is 1.77. The molecule has 0 spiro atoms. The molecule has 0 aliphatic heterocycles. The van der Waals surface area contributed by atoms with Crippen LogP contribution in [0.25, 0.3) is 0 Å². The second-order valence-electron chi connectivity index (χ2n) is 2.57. The molecule has 0 saturated heterocycles. The number of phenols is 1. The maximum absolute atomic E-state index is 13.2. The first-order valence-corrected chi connectivity index (χ1v) is 4.89. The van der Waals surface area contributed by atoms with E-state index in [9.17, 15) is 9.50 Å². The second kappa shape index (κ2) is 4.91. The molecule has 0 aliphatic carbocycles. The highest BCUT2D eigenvalue weighted by molar-refractivity contribution is 14.1. The maximum atomic E-state index is 13.2. The van der Waals surface area contributed by atoms with Crippen molar-refractivity contribution in [1.82, 2.24) is 0 Å². The molecule has 0 heterocycles. The maximum Gasteiger partial charge on any atom is 0.211 e. The van der Waals surface area contributed by atoms with Crippen LogP contribution in [0, 0.1) is 9.39 Å². The molecule has 0 unspecified atom stereocenters. The number of hydrogen-bond acceptors (Lipinski definition) is 3. The Bertz CT molecular complexity index is 429. The van der Waals surface area contributed by atoms with E-state index in [1.807, 2.05) is 0 Å². The van der Waals surface area contributed by atoms with Crippen molar-refractivity contribution < 1.29 is 9.50 Å². The van der Waals surface area contributed by atoms with Crippen LogP contribution in [-0.4, -0.2) is 17.3 Å². The fourth-order valence-electron chi connectivity index (χ4n) is 0.817. The van der Waals surface area contributed by atoms with Gasteiger partial charge in [-0.25, -0.2) is 4.39 Å². The van der Waals surface area contributed by atoms with Gasteiger partial charge < -0.3 is 16.6 Å². The van der Waals surface area contributed by atoms with Gasteiger partial charge in [0, 0.05) is 5.56 Å². The van der Waals surface area contributed by atoms with Crippen LogP contribution in [0.5, 0.6) is 5.75 Å². The zero-order valence-corrected chi connectivity index (χ0v) is 9.64. The SMILES string of the molecule is NC(N)=NN=Cc1ccc(I)c(F)c1O. The first-order valence-electron chi connectivity index (χ1n) is 3.81. The number of benzene rings is 1. The van der Waals surface area contributed by atoms with E-state index in [1.54, 1.807) is 22.6 Å². The largest absolute Gasteiger partial charge is 0.504 e. The van der Waals surface area contributed by atoms with Crippen molar-refractivity contribution in [1.29, 1.82) is 0 Å². The standard InChI is InChI=1S/C8H8FIN4O/c9-6-5(10)2-1-4(7(6)15)3-13-14-8(11)12/h1-3,15H,(H4,11,12,14). The lowest BCUT2D eigenvalue weighted by atomic mass is 10.2. The molecule has 0 bridgehead atoms. The summed E-state index contributed by atoms with van der Waals surface area (Å²) in [7, 11) is 0. The highest BCUT2D eigenvalue weighted by atomic mass is 127. The van der Waals surface area contributed by atoms with Crippen LogP contribution in [0.4, 0.5) is 4.39 Å². The smallest absolute Gasteiger partial charge is 0.211 e. The minimum atomic E-state index is -0.691. The molecule has 5 nitrogen and oxygen atoms in total. The number of aromatic hydroxyl groups is 1. The molecule has 80 valence electrons. The monoisotopic (exact) mass is 322 g/mol. The topological polar surface area (TPSA) is 97.0 Å². The van der Waals surface area contributed by atoms with Crippen LogP contribution in [0.1, 0.15) is 5.56 Å². The van der Waals surface area contributed by atoms with Gasteiger partial charge in [0.2, 0.25) is 5.96 Å². The molecule has 7 heteroatoms. The van der Waals surface area contributed by atoms with Crippen molar-refractivity contribution in [2.45, 2.75) is 0 Å². The van der Waals surface area contributed by atoms with E-state index < -0.39 is 11.6 Å². The highest BCUT2D eigenvalue weighted by Crippen LogP contribution is 2.24. The van der Waals surface area contributed by atoms with E-state index in [0.717, 1.165) is 6.21 Å². The molecule has 5 N–H and O–H groups in total. The predicted molar refractivity (Wildman–Crippen MR) is 64.2 cm³/mol. The Morgan fingerprint density at radius 3 is 2.73 bits per heavy atom. The molecule has 1 aromatic rings. The molecular weight excluding hydrogens is 314 g/mol. The summed E-state index contributed by atoms with van der Waals surface area (Å²) in [4.78, 5) is 0. The lowest BCUT2D eigenvalue weighted by Crippen LogP contribution is -2.21. The molecular formula is C8H8FIN4O. The molecule has 15 heavy (non-hydrogen) atoms. The van der Waals surface area contributed by atoms with Crippen molar-refractivity contribution in [2.24, 2.45) is 21.7 Å². The third-order valence-corrected chi connectivity index (χ3v) is 2.30. The van der Waals surface area contributed by atoms with Crippen molar-refractivity contribution in [3.05, 3.63) is 27.1 Å². The third-order valence-electron chi connectivity index (χ3n) is 1.47. The lowest BCUT2D eigenvalue weighted by molar-refractivity contribution is 0.429. The zero-order valence-electron chi connectivity index (χ0n) is 7.48. The van der Waals surface area contributed by atoms with E-state index >= 15 is 0 Å². The third kappa shape index (κ3) is 3.05. The summed E-state index contributed by atoms with van der Waals surface area (Å²) in [6.07, 6.45) is 1.16. The molecule has 1 rings (SSSR count). The number of guanidine groups is 1. The molecule has 0 radical (unpaired) electrons. The van der Waals surface area contributed by atoms with Gasteiger partial charge in [0.05, 0.1) is 9.78 Å². The predicted octanol–water partition coefficient (Wildman–Crippen LogP) is 0.743. The Kier molecular flexibility index (Phi) is 3.83. The van der Waals surface area contributed by atoms with Crippen LogP contribution >= 0.6 is 22.6 Å². The second-order valence-corrected chi connectivity index (χ2v) is 3.73. The van der Waals surface area contributed by atoms with E-state index in [2.05, 4.69) is 10.2 Å². The minimum Gasteiger partial charge on any atom is -0.504 e. The Labute approximate surface area is 98.8 Å². The molecule has 0 fully saturated rings. The van der Waals surface area contributed by atoms with Gasteiger partial charge in [-0.3, -0.25) is 0 Å². The number of rotatable bonds is 2. The molecule has 0 atom stereocenters. The van der Waals surface area contributed by atoms with Crippen LogP contribution in [-0.2, 0) is 0 Å². The Morgan fingerprint density at radius 1 is 1.47 bits per heavy atom. The fourth-order valence-corrected chi connectivity index (χ4v) is 1.25. The van der Waals surface area contributed by atoms with Gasteiger partial charge in [0.25, 0.3) is 0 Å². The zero-order chi connectivity index (χ0) is 11.4. The lowest BCUT2D eigenvalue weighted by Gasteiger charge is -2.00. The summed E-state index contributed by atoms with van der Waals surface area (Å²) < 4.78 is 13.5. The average Bonchev–Trinajstić information content (AvgIpc) is 2.18. The van der Waals surface area contributed by atoms with Gasteiger partial charge in [0.1, 0.15) is 0 Å². The normalized spacial score (nSPS) is 10.5. The van der Waals surface area contributed by atoms with Crippen LogP contribution in [0.3, 0.4) is 0 Å². The first kappa shape index (κ1) is 11.7. The van der Waals surface area contributed by atoms with Gasteiger partial charge in [-0.15, -0.1) is 5.10 Å². The first-order chi connectivity index (χ1) is 7.02. The minimum absolute atomic E-state index is 0.206. The number of phenolic OH excluding ortho intramolecular Hbond substituents is 1. The quantitative estimate of drug-likeness (QED) is 0.324. The summed E-state index contributed by atoms with van der Waals surface area (Å²) in [5.41, 5.74) is 10.3. The van der Waals surface area contributed by atoms with Crippen LogP contribution in [0.15, 0.2) is 22.3 Å². The molecule has 0 saturated carbocycles. The average molecular weight is 322 g/mol. The number of nitrogens with two attached hydrogens (primary N) is 2. The summed E-state index contributed by atoms with van der Waals surface area (Å²) in [6.45, 7) is 0. The van der Waals surface area contributed by atoms with Crippen LogP contribution in [0.2, 0.25) is 0 Å². The molecule has 1 aromatic carbocycles. The van der Waals surface area contributed by atoms with Gasteiger partial charge in [0.15, 0.2) is 11.6 Å². The van der Waals surface area contributed by atoms with Gasteiger partial charge in [-0.1, -0.05) is 0 Å². The van der Waals surface area contributed by atoms with Gasteiger partial charge in [-0.2, -0.15) is 5.10 Å². The van der Waals surface area contributed by atoms with E-state index in [1.165, 1.54) is 12.1 Å². The Morgan fingerprint density at radius 2 is 2.13 bits per heavy atom. The van der Waals surface area contributed by atoms with Gasteiger partial charge in [-0.05, 0) is 34.7 Å².